The Morgan fingerprint density at radius 3 is 2.58 bits per heavy atom. The lowest BCUT2D eigenvalue weighted by Crippen LogP contribution is -2.29. The fourth-order valence-electron chi connectivity index (χ4n) is 4.13. The number of amides is 1. The molecule has 4 rings (SSSR count). The van der Waals surface area contributed by atoms with Gasteiger partial charge in [0, 0.05) is 6.54 Å². The van der Waals surface area contributed by atoms with Gasteiger partial charge in [-0.2, -0.15) is 0 Å². The van der Waals surface area contributed by atoms with E-state index >= 15 is 0 Å². The highest BCUT2D eigenvalue weighted by molar-refractivity contribution is 5.78. The fourth-order valence-corrected chi connectivity index (χ4v) is 4.13. The van der Waals surface area contributed by atoms with Crippen LogP contribution in [0.25, 0.3) is 11.0 Å². The summed E-state index contributed by atoms with van der Waals surface area (Å²) in [5, 5.41) is 2.97. The number of unbranched alkanes of at least 4 members (excludes halogenated alkanes) is 1. The third-order valence-corrected chi connectivity index (χ3v) is 6.26. The molecular weight excluding hydrogens is 450 g/mol. The summed E-state index contributed by atoms with van der Waals surface area (Å²) >= 11 is 0. The fraction of sp³-hybridized carbons (Fsp3) is 0.333. The topological polar surface area (TPSA) is 65.4 Å². The summed E-state index contributed by atoms with van der Waals surface area (Å²) in [6.45, 7) is 7.93. The van der Waals surface area contributed by atoms with Crippen molar-refractivity contribution in [1.82, 2.24) is 14.9 Å². The number of rotatable bonds is 12. The molecule has 4 aromatic rings. The third-order valence-electron chi connectivity index (χ3n) is 6.26. The number of benzene rings is 3. The van der Waals surface area contributed by atoms with Crippen molar-refractivity contribution >= 4 is 16.9 Å². The van der Waals surface area contributed by atoms with Crippen molar-refractivity contribution in [2.24, 2.45) is 0 Å². The first kappa shape index (κ1) is 25.3. The number of hydrogen-bond acceptors (Lipinski definition) is 4. The largest absolute Gasteiger partial charge is 0.494 e. The van der Waals surface area contributed by atoms with Gasteiger partial charge < -0.3 is 19.4 Å². The number of imidazole rings is 1. The van der Waals surface area contributed by atoms with E-state index in [9.17, 15) is 4.79 Å². The van der Waals surface area contributed by atoms with Crippen LogP contribution in [0.3, 0.4) is 0 Å². The first-order valence-corrected chi connectivity index (χ1v) is 12.7. The second kappa shape index (κ2) is 12.2. The number of aromatic nitrogens is 2. The Balaban J connectivity index is 1.30. The van der Waals surface area contributed by atoms with Crippen LogP contribution in [-0.4, -0.2) is 28.7 Å². The number of ether oxygens (including phenoxy) is 2. The summed E-state index contributed by atoms with van der Waals surface area (Å²) in [5.74, 6) is 2.32. The van der Waals surface area contributed by atoms with Crippen LogP contribution in [0.1, 0.15) is 42.3 Å². The highest BCUT2D eigenvalue weighted by Gasteiger charge is 2.12. The number of carbonyl (C=O) groups excluding carboxylic acids is 1. The van der Waals surface area contributed by atoms with Crippen molar-refractivity contribution < 1.29 is 14.3 Å². The van der Waals surface area contributed by atoms with Crippen molar-refractivity contribution in [2.45, 2.75) is 53.1 Å². The SMILES string of the molecule is CCc1ccc(OCCCCn2c(CNC(=O)COc3cc(C)ccc3C)nc3ccccc32)cc1. The van der Waals surface area contributed by atoms with E-state index in [-0.39, 0.29) is 12.5 Å². The molecule has 1 N–H and O–H groups in total. The van der Waals surface area contributed by atoms with Crippen LogP contribution in [0.4, 0.5) is 0 Å². The van der Waals surface area contributed by atoms with Gasteiger partial charge in [0.1, 0.15) is 17.3 Å². The lowest BCUT2D eigenvalue weighted by atomic mass is 10.1. The number of aryl methyl sites for hydroxylation is 4. The highest BCUT2D eigenvalue weighted by Crippen LogP contribution is 2.20. The lowest BCUT2D eigenvalue weighted by molar-refractivity contribution is -0.123. The van der Waals surface area contributed by atoms with Crippen molar-refractivity contribution in [3.8, 4) is 11.5 Å². The van der Waals surface area contributed by atoms with Crippen LogP contribution >= 0.6 is 0 Å². The summed E-state index contributed by atoms with van der Waals surface area (Å²) < 4.78 is 13.8. The Kier molecular flexibility index (Phi) is 8.61. The summed E-state index contributed by atoms with van der Waals surface area (Å²) in [4.78, 5) is 17.3. The first-order valence-electron chi connectivity index (χ1n) is 12.7. The molecule has 1 amide bonds. The average Bonchev–Trinajstić information content (AvgIpc) is 3.25. The maximum Gasteiger partial charge on any atom is 0.258 e. The minimum absolute atomic E-state index is 0.0267. The van der Waals surface area contributed by atoms with E-state index in [0.717, 1.165) is 65.3 Å². The quantitative estimate of drug-likeness (QED) is 0.259. The van der Waals surface area contributed by atoms with E-state index in [4.69, 9.17) is 14.5 Å². The van der Waals surface area contributed by atoms with Gasteiger partial charge in [-0.05, 0) is 80.1 Å². The molecule has 3 aromatic carbocycles. The molecule has 0 aliphatic rings. The summed E-state index contributed by atoms with van der Waals surface area (Å²) in [7, 11) is 0. The predicted molar refractivity (Wildman–Crippen MR) is 144 cm³/mol. The highest BCUT2D eigenvalue weighted by atomic mass is 16.5. The molecule has 1 heterocycles. The van der Waals surface area contributed by atoms with Crippen LogP contribution in [0.5, 0.6) is 11.5 Å². The molecule has 6 heteroatoms. The number of fused-ring (bicyclic) bond motifs is 1. The van der Waals surface area contributed by atoms with E-state index in [1.54, 1.807) is 0 Å². The van der Waals surface area contributed by atoms with Crippen molar-refractivity contribution in [1.29, 1.82) is 0 Å². The van der Waals surface area contributed by atoms with Crippen molar-refractivity contribution in [3.05, 3.63) is 89.2 Å². The molecule has 188 valence electrons. The number of hydrogen-bond donors (Lipinski definition) is 1. The third kappa shape index (κ3) is 6.66. The number of carbonyl (C=O) groups is 1. The Morgan fingerprint density at radius 2 is 1.78 bits per heavy atom. The summed E-state index contributed by atoms with van der Waals surface area (Å²) in [6, 6.07) is 22.3. The molecule has 0 aliphatic carbocycles. The minimum Gasteiger partial charge on any atom is -0.494 e. The molecule has 0 aliphatic heterocycles. The molecule has 0 saturated heterocycles. The number of para-hydroxylation sites is 2. The van der Waals surface area contributed by atoms with E-state index in [2.05, 4.69) is 35.0 Å². The molecule has 0 unspecified atom stereocenters. The normalized spacial score (nSPS) is 11.0. The molecule has 0 atom stereocenters. The second-order valence-electron chi connectivity index (χ2n) is 9.06. The van der Waals surface area contributed by atoms with Gasteiger partial charge in [0.05, 0.1) is 24.2 Å². The molecule has 0 fully saturated rings. The van der Waals surface area contributed by atoms with Crippen LogP contribution < -0.4 is 14.8 Å². The molecule has 0 saturated carbocycles. The molecule has 1 aromatic heterocycles. The molecule has 0 bridgehead atoms. The van der Waals surface area contributed by atoms with Gasteiger partial charge >= 0.3 is 0 Å². The zero-order valence-electron chi connectivity index (χ0n) is 21.4. The van der Waals surface area contributed by atoms with Gasteiger partial charge in [-0.25, -0.2) is 4.98 Å². The van der Waals surface area contributed by atoms with Gasteiger partial charge in [-0.3, -0.25) is 4.79 Å². The van der Waals surface area contributed by atoms with Crippen molar-refractivity contribution in [2.75, 3.05) is 13.2 Å². The second-order valence-corrected chi connectivity index (χ2v) is 9.06. The van der Waals surface area contributed by atoms with Gasteiger partial charge in [0.25, 0.3) is 5.91 Å². The monoisotopic (exact) mass is 485 g/mol. The maximum absolute atomic E-state index is 12.5. The van der Waals surface area contributed by atoms with Gasteiger partial charge in [-0.1, -0.05) is 43.3 Å². The van der Waals surface area contributed by atoms with Gasteiger partial charge in [0.2, 0.25) is 0 Å². The van der Waals surface area contributed by atoms with Crippen LogP contribution in [0.15, 0.2) is 66.7 Å². The molecular formula is C30H35N3O3. The van der Waals surface area contributed by atoms with Crippen LogP contribution in [-0.2, 0) is 24.3 Å². The van der Waals surface area contributed by atoms with E-state index in [0.29, 0.717) is 13.2 Å². The number of nitrogens with zero attached hydrogens (tertiary/aromatic N) is 2. The van der Waals surface area contributed by atoms with E-state index in [1.807, 2.05) is 62.4 Å². The molecule has 6 nitrogen and oxygen atoms in total. The van der Waals surface area contributed by atoms with E-state index < -0.39 is 0 Å². The maximum atomic E-state index is 12.5. The minimum atomic E-state index is -0.169. The predicted octanol–water partition coefficient (Wildman–Crippen LogP) is 5.77. The Labute approximate surface area is 213 Å². The standard InChI is InChI=1S/C30H35N3O3/c1-4-24-13-15-25(16-14-24)35-18-8-7-17-33-27-10-6-5-9-26(27)32-29(33)20-31-30(34)21-36-28-19-22(2)11-12-23(28)3/h5-6,9-16,19H,4,7-8,17-18,20-21H2,1-3H3,(H,31,34). The van der Waals surface area contributed by atoms with Crippen LogP contribution in [0.2, 0.25) is 0 Å². The van der Waals surface area contributed by atoms with Gasteiger partial charge in [-0.15, -0.1) is 0 Å². The van der Waals surface area contributed by atoms with Gasteiger partial charge in [0.15, 0.2) is 6.61 Å². The number of nitrogens with one attached hydrogen (secondary N) is 1. The lowest BCUT2D eigenvalue weighted by Gasteiger charge is -2.12. The Bertz CT molecular complexity index is 1290. The van der Waals surface area contributed by atoms with E-state index in [1.165, 1.54) is 5.56 Å². The first-order chi connectivity index (χ1) is 17.5. The zero-order chi connectivity index (χ0) is 25.3. The van der Waals surface area contributed by atoms with Crippen molar-refractivity contribution in [3.63, 3.8) is 0 Å². The molecule has 36 heavy (non-hydrogen) atoms. The summed E-state index contributed by atoms with van der Waals surface area (Å²) in [5.41, 5.74) is 5.43. The molecule has 0 radical (unpaired) electrons. The smallest absolute Gasteiger partial charge is 0.258 e. The Morgan fingerprint density at radius 1 is 0.972 bits per heavy atom. The summed E-state index contributed by atoms with van der Waals surface area (Å²) in [6.07, 6.45) is 2.91. The average molecular weight is 486 g/mol. The van der Waals surface area contributed by atoms with Crippen LogP contribution in [0, 0.1) is 13.8 Å². The zero-order valence-corrected chi connectivity index (χ0v) is 21.4. The molecule has 0 spiro atoms. The Hall–Kier alpha value is -3.80.